The van der Waals surface area contributed by atoms with Crippen molar-refractivity contribution in [3.63, 3.8) is 0 Å². The second kappa shape index (κ2) is 9.35. The lowest BCUT2D eigenvalue weighted by Crippen LogP contribution is -2.62. The van der Waals surface area contributed by atoms with Gasteiger partial charge in [0, 0.05) is 26.9 Å². The molecule has 3 fully saturated rings. The fraction of sp³-hybridized carbons (Fsp3) is 0.281. The molecular weight excluding hydrogens is 540 g/mol. The van der Waals surface area contributed by atoms with E-state index in [2.05, 4.69) is 33.4 Å². The van der Waals surface area contributed by atoms with E-state index < -0.39 is 16.9 Å². The summed E-state index contributed by atoms with van der Waals surface area (Å²) in [6.45, 7) is 1.97. The maximum Gasteiger partial charge on any atom is 0.309 e. The van der Waals surface area contributed by atoms with Crippen LogP contribution in [0.25, 0.3) is 22.2 Å². The van der Waals surface area contributed by atoms with Crippen molar-refractivity contribution in [2.45, 2.75) is 50.5 Å². The SMILES string of the molecule is Cc1c(-c2ccccc2)nc2ccc(Br)cc2c1C(=O)NC12CCC(C(=O)O)(CC1)C[C@@H]2c1ccccc1. The summed E-state index contributed by atoms with van der Waals surface area (Å²) >= 11 is 3.58. The van der Waals surface area contributed by atoms with Gasteiger partial charge in [-0.1, -0.05) is 76.6 Å². The van der Waals surface area contributed by atoms with Gasteiger partial charge < -0.3 is 10.4 Å². The van der Waals surface area contributed by atoms with Crippen LogP contribution in [0.3, 0.4) is 0 Å². The quantitative estimate of drug-likeness (QED) is 0.265. The van der Waals surface area contributed by atoms with E-state index >= 15 is 0 Å². The largest absolute Gasteiger partial charge is 0.481 e. The van der Waals surface area contributed by atoms with Crippen LogP contribution in [0.2, 0.25) is 0 Å². The van der Waals surface area contributed by atoms with Crippen molar-refractivity contribution in [2.75, 3.05) is 0 Å². The average Bonchev–Trinajstić information content (AvgIpc) is 2.94. The third kappa shape index (κ3) is 4.02. The number of halogens is 1. The minimum atomic E-state index is -0.725. The Morgan fingerprint density at radius 3 is 2.26 bits per heavy atom. The number of amides is 1. The van der Waals surface area contributed by atoms with E-state index in [-0.39, 0.29) is 11.8 Å². The van der Waals surface area contributed by atoms with Crippen LogP contribution in [0, 0.1) is 12.3 Å². The van der Waals surface area contributed by atoms with Crippen LogP contribution in [0.15, 0.2) is 83.3 Å². The van der Waals surface area contributed by atoms with Gasteiger partial charge in [0.15, 0.2) is 0 Å². The second-order valence-electron chi connectivity index (χ2n) is 10.9. The first kappa shape index (κ1) is 24.8. The molecule has 3 aromatic carbocycles. The Hall–Kier alpha value is -3.51. The van der Waals surface area contributed by atoms with Gasteiger partial charge in [-0.2, -0.15) is 0 Å². The van der Waals surface area contributed by atoms with Gasteiger partial charge in [0.1, 0.15) is 0 Å². The predicted molar refractivity (Wildman–Crippen MR) is 152 cm³/mol. The zero-order valence-electron chi connectivity index (χ0n) is 21.2. The normalized spacial score (nSPS) is 24.3. The van der Waals surface area contributed by atoms with Crippen LogP contribution in [-0.4, -0.2) is 27.5 Å². The van der Waals surface area contributed by atoms with Crippen LogP contribution < -0.4 is 5.32 Å². The minimum Gasteiger partial charge on any atom is -0.481 e. The number of aliphatic carboxylic acids is 1. The number of pyridine rings is 1. The highest BCUT2D eigenvalue weighted by atomic mass is 79.9. The molecule has 1 aromatic heterocycles. The smallest absolute Gasteiger partial charge is 0.309 e. The predicted octanol–water partition coefficient (Wildman–Crippen LogP) is 7.27. The standard InChI is InChI=1S/C32H29BrN2O3/c1-20-27(24-18-23(33)12-13-26(24)34-28(20)22-10-6-3-7-11-22)29(36)35-32-16-14-31(15-17-32,30(37)38)19-25(32)21-8-4-2-5-9-21/h2-13,18,25H,14-17,19H2,1H3,(H,35,36)(H,37,38)/t25-,31?,32?/m1/s1. The second-order valence-corrected chi connectivity index (χ2v) is 11.8. The summed E-state index contributed by atoms with van der Waals surface area (Å²) in [5.41, 5.74) is 3.83. The summed E-state index contributed by atoms with van der Waals surface area (Å²) in [6.07, 6.45) is 2.96. The number of nitrogens with one attached hydrogen (secondary N) is 1. The van der Waals surface area contributed by atoms with Crippen molar-refractivity contribution < 1.29 is 14.7 Å². The molecule has 7 rings (SSSR count). The van der Waals surface area contributed by atoms with E-state index in [1.165, 1.54) is 0 Å². The fourth-order valence-electron chi connectivity index (χ4n) is 6.74. The molecule has 0 aliphatic heterocycles. The first-order valence-corrected chi connectivity index (χ1v) is 13.9. The van der Waals surface area contributed by atoms with Crippen molar-refractivity contribution >= 4 is 38.7 Å². The van der Waals surface area contributed by atoms with Crippen molar-refractivity contribution in [1.29, 1.82) is 0 Å². The van der Waals surface area contributed by atoms with E-state index in [0.717, 1.165) is 37.8 Å². The molecule has 6 heteroatoms. The molecule has 2 N–H and O–H groups in total. The zero-order chi connectivity index (χ0) is 26.5. The first-order chi connectivity index (χ1) is 18.3. The molecule has 0 unspecified atom stereocenters. The van der Waals surface area contributed by atoms with Gasteiger partial charge in [0.2, 0.25) is 0 Å². The average molecular weight is 569 g/mol. The fourth-order valence-corrected chi connectivity index (χ4v) is 7.10. The number of carbonyl (C=O) groups is 2. The lowest BCUT2D eigenvalue weighted by atomic mass is 9.51. The molecule has 3 saturated carbocycles. The molecule has 192 valence electrons. The topological polar surface area (TPSA) is 79.3 Å². The Balaban J connectivity index is 1.46. The molecule has 0 radical (unpaired) electrons. The number of hydrogen-bond donors (Lipinski definition) is 2. The third-order valence-electron chi connectivity index (χ3n) is 8.84. The molecule has 1 amide bonds. The molecule has 4 aromatic rings. The van der Waals surface area contributed by atoms with Gasteiger partial charge >= 0.3 is 5.97 Å². The van der Waals surface area contributed by atoms with Crippen molar-refractivity contribution in [2.24, 2.45) is 5.41 Å². The monoisotopic (exact) mass is 568 g/mol. The maximum atomic E-state index is 14.3. The highest BCUT2D eigenvalue weighted by molar-refractivity contribution is 9.10. The van der Waals surface area contributed by atoms with Crippen molar-refractivity contribution in [3.05, 3.63) is 100 Å². The summed E-state index contributed by atoms with van der Waals surface area (Å²) in [4.78, 5) is 31.6. The molecule has 38 heavy (non-hydrogen) atoms. The Morgan fingerprint density at radius 2 is 1.61 bits per heavy atom. The number of hydrogen-bond acceptors (Lipinski definition) is 3. The number of benzene rings is 3. The molecule has 2 bridgehead atoms. The molecule has 0 spiro atoms. The molecule has 3 aliphatic carbocycles. The highest BCUT2D eigenvalue weighted by Crippen LogP contribution is 2.58. The highest BCUT2D eigenvalue weighted by Gasteiger charge is 2.58. The van der Waals surface area contributed by atoms with Crippen LogP contribution in [0.4, 0.5) is 0 Å². The van der Waals surface area contributed by atoms with Crippen molar-refractivity contribution in [1.82, 2.24) is 10.3 Å². The number of carboxylic acids is 1. The Labute approximate surface area is 230 Å². The molecule has 5 nitrogen and oxygen atoms in total. The number of carbonyl (C=O) groups excluding carboxylic acids is 1. The zero-order valence-corrected chi connectivity index (χ0v) is 22.8. The van der Waals surface area contributed by atoms with E-state index in [9.17, 15) is 14.7 Å². The van der Waals surface area contributed by atoms with Crippen LogP contribution in [0.1, 0.15) is 59.5 Å². The van der Waals surface area contributed by atoms with Gasteiger partial charge in [-0.3, -0.25) is 9.59 Å². The number of carboxylic acid groups (broad SMARTS) is 1. The molecule has 1 atom stereocenters. The molecule has 1 heterocycles. The molecule has 3 aliphatic rings. The summed E-state index contributed by atoms with van der Waals surface area (Å²) in [7, 11) is 0. The van der Waals surface area contributed by atoms with Crippen molar-refractivity contribution in [3.8, 4) is 11.3 Å². The molecule has 0 saturated heterocycles. The maximum absolute atomic E-state index is 14.3. The van der Waals surface area contributed by atoms with Gasteiger partial charge in [-0.15, -0.1) is 0 Å². The van der Waals surface area contributed by atoms with E-state index in [4.69, 9.17) is 4.98 Å². The van der Waals surface area contributed by atoms with Crippen LogP contribution in [-0.2, 0) is 4.79 Å². The van der Waals surface area contributed by atoms with E-state index in [1.807, 2.05) is 73.7 Å². The summed E-state index contributed by atoms with van der Waals surface area (Å²) in [5, 5.41) is 14.4. The van der Waals surface area contributed by atoms with Gasteiger partial charge in [0.25, 0.3) is 5.91 Å². The van der Waals surface area contributed by atoms with E-state index in [1.54, 1.807) is 0 Å². The minimum absolute atomic E-state index is 0.0695. The van der Waals surface area contributed by atoms with Gasteiger partial charge in [0.05, 0.1) is 22.2 Å². The lowest BCUT2D eigenvalue weighted by Gasteiger charge is -2.56. The number of aromatic nitrogens is 1. The lowest BCUT2D eigenvalue weighted by molar-refractivity contribution is -0.157. The van der Waals surface area contributed by atoms with Crippen LogP contribution >= 0.6 is 15.9 Å². The summed E-state index contributed by atoms with van der Waals surface area (Å²) in [6, 6.07) is 25.9. The van der Waals surface area contributed by atoms with Gasteiger partial charge in [-0.05, 0) is 68.4 Å². The van der Waals surface area contributed by atoms with Crippen LogP contribution in [0.5, 0.6) is 0 Å². The Kier molecular flexibility index (Phi) is 6.10. The number of rotatable bonds is 5. The summed E-state index contributed by atoms with van der Waals surface area (Å²) in [5.74, 6) is -0.915. The molecular formula is C32H29BrN2O3. The number of nitrogens with zero attached hydrogens (tertiary/aromatic N) is 1. The first-order valence-electron chi connectivity index (χ1n) is 13.1. The van der Waals surface area contributed by atoms with Gasteiger partial charge in [-0.25, -0.2) is 4.98 Å². The Morgan fingerprint density at radius 1 is 0.947 bits per heavy atom. The third-order valence-corrected chi connectivity index (χ3v) is 9.34. The van der Waals surface area contributed by atoms with E-state index in [0.29, 0.717) is 37.7 Å². The Bertz CT molecular complexity index is 1540. The summed E-state index contributed by atoms with van der Waals surface area (Å²) < 4.78 is 0.884. The number of fused-ring (bicyclic) bond motifs is 4.